The Kier molecular flexibility index (Phi) is 9.65. The minimum Gasteiger partial charge on any atom is -0.481 e. The molecule has 29 heavy (non-hydrogen) atoms. The number of aromatic nitrogens is 1. The van der Waals surface area contributed by atoms with Gasteiger partial charge in [0.2, 0.25) is 11.8 Å². The summed E-state index contributed by atoms with van der Waals surface area (Å²) in [7, 11) is 1.52. The number of carbonyl (C=O) groups excluding carboxylic acids is 2. The predicted octanol–water partition coefficient (Wildman–Crippen LogP) is 2.68. The smallest absolute Gasteiger partial charge is 0.328 e. The van der Waals surface area contributed by atoms with Crippen molar-refractivity contribution in [3.63, 3.8) is 0 Å². The van der Waals surface area contributed by atoms with E-state index in [0.717, 1.165) is 11.1 Å². The standard InChI is InChI=1S/C22H28N2O5/c1-3-29-22(26)19(14-18-11-12-23-21(15-18)27-2)24-20(25)10-7-13-28-16-17-8-5-4-6-9-17/h4-6,8-9,11-12,15,19H,3,7,10,13-14,16H2,1-2H3,(H,24,25). The number of methoxy groups -OCH3 is 1. The zero-order chi connectivity index (χ0) is 20.9. The number of nitrogens with one attached hydrogen (secondary N) is 1. The molecule has 0 radical (unpaired) electrons. The van der Waals surface area contributed by atoms with E-state index in [1.165, 1.54) is 7.11 Å². The molecule has 0 aliphatic rings. The van der Waals surface area contributed by atoms with E-state index in [0.29, 0.717) is 31.9 Å². The van der Waals surface area contributed by atoms with Crippen LogP contribution in [0.4, 0.5) is 0 Å². The van der Waals surface area contributed by atoms with Crippen LogP contribution in [0.25, 0.3) is 0 Å². The number of carbonyl (C=O) groups is 2. The van der Waals surface area contributed by atoms with E-state index in [2.05, 4.69) is 10.3 Å². The molecule has 2 aromatic rings. The molecule has 1 heterocycles. The summed E-state index contributed by atoms with van der Waals surface area (Å²) >= 11 is 0. The largest absolute Gasteiger partial charge is 0.481 e. The van der Waals surface area contributed by atoms with Crippen LogP contribution in [-0.2, 0) is 32.1 Å². The first kappa shape index (κ1) is 22.4. The minimum atomic E-state index is -0.764. The fourth-order valence-corrected chi connectivity index (χ4v) is 2.73. The lowest BCUT2D eigenvalue weighted by molar-refractivity contribution is -0.147. The highest BCUT2D eigenvalue weighted by Crippen LogP contribution is 2.12. The lowest BCUT2D eigenvalue weighted by atomic mass is 10.1. The van der Waals surface area contributed by atoms with Crippen molar-refractivity contribution >= 4 is 11.9 Å². The van der Waals surface area contributed by atoms with Crippen LogP contribution in [0.1, 0.15) is 30.9 Å². The summed E-state index contributed by atoms with van der Waals surface area (Å²) in [6, 6.07) is 12.6. The third-order valence-electron chi connectivity index (χ3n) is 4.16. The average molecular weight is 400 g/mol. The van der Waals surface area contributed by atoms with Crippen LogP contribution in [-0.4, -0.2) is 43.2 Å². The zero-order valence-electron chi connectivity index (χ0n) is 16.9. The highest BCUT2D eigenvalue weighted by atomic mass is 16.5. The number of nitrogens with zero attached hydrogens (tertiary/aromatic N) is 1. The van der Waals surface area contributed by atoms with Crippen LogP contribution in [0.3, 0.4) is 0 Å². The van der Waals surface area contributed by atoms with Gasteiger partial charge in [-0.15, -0.1) is 0 Å². The lowest BCUT2D eigenvalue weighted by Gasteiger charge is -2.17. The van der Waals surface area contributed by atoms with E-state index < -0.39 is 12.0 Å². The highest BCUT2D eigenvalue weighted by Gasteiger charge is 2.22. The number of rotatable bonds is 12. The van der Waals surface area contributed by atoms with E-state index in [1.807, 2.05) is 30.3 Å². The molecule has 2 rings (SSSR count). The van der Waals surface area contributed by atoms with Crippen molar-refractivity contribution in [3.05, 3.63) is 59.8 Å². The van der Waals surface area contributed by atoms with Gasteiger partial charge < -0.3 is 19.5 Å². The Bertz CT molecular complexity index is 767. The second-order valence-corrected chi connectivity index (χ2v) is 6.42. The molecule has 1 aromatic heterocycles. The van der Waals surface area contributed by atoms with Crippen LogP contribution in [0.2, 0.25) is 0 Å². The number of amides is 1. The second kappa shape index (κ2) is 12.5. The summed E-state index contributed by atoms with van der Waals surface area (Å²) in [4.78, 5) is 28.6. The Morgan fingerprint density at radius 2 is 1.93 bits per heavy atom. The van der Waals surface area contributed by atoms with Gasteiger partial charge in [0.25, 0.3) is 0 Å². The predicted molar refractivity (Wildman–Crippen MR) is 108 cm³/mol. The van der Waals surface area contributed by atoms with Crippen molar-refractivity contribution in [2.45, 2.75) is 38.8 Å². The molecule has 1 aromatic carbocycles. The molecule has 0 fully saturated rings. The summed E-state index contributed by atoms with van der Waals surface area (Å²) in [6.07, 6.45) is 2.73. The van der Waals surface area contributed by atoms with Gasteiger partial charge in [0.15, 0.2) is 0 Å². The van der Waals surface area contributed by atoms with Gasteiger partial charge in [-0.05, 0) is 30.5 Å². The van der Waals surface area contributed by atoms with Gasteiger partial charge in [-0.25, -0.2) is 9.78 Å². The maximum atomic E-state index is 12.3. The quantitative estimate of drug-likeness (QED) is 0.435. The van der Waals surface area contributed by atoms with E-state index >= 15 is 0 Å². The van der Waals surface area contributed by atoms with Crippen LogP contribution < -0.4 is 10.1 Å². The molecule has 7 nitrogen and oxygen atoms in total. The molecular weight excluding hydrogens is 372 g/mol. The molecule has 1 unspecified atom stereocenters. The summed E-state index contributed by atoms with van der Waals surface area (Å²) in [6.45, 7) is 2.96. The SMILES string of the molecule is CCOC(=O)C(Cc1ccnc(OC)c1)NC(=O)CCCOCc1ccccc1. The van der Waals surface area contributed by atoms with E-state index in [1.54, 1.807) is 25.3 Å². The first-order valence-electron chi connectivity index (χ1n) is 9.69. The van der Waals surface area contributed by atoms with Crippen molar-refractivity contribution in [1.29, 1.82) is 0 Å². The van der Waals surface area contributed by atoms with Crippen LogP contribution in [0, 0.1) is 0 Å². The van der Waals surface area contributed by atoms with E-state index in [9.17, 15) is 9.59 Å². The number of benzene rings is 1. The van der Waals surface area contributed by atoms with Crippen molar-refractivity contribution in [3.8, 4) is 5.88 Å². The molecule has 0 aliphatic heterocycles. The Balaban J connectivity index is 1.80. The van der Waals surface area contributed by atoms with Gasteiger partial charge >= 0.3 is 5.97 Å². The molecule has 156 valence electrons. The van der Waals surface area contributed by atoms with Gasteiger partial charge in [-0.2, -0.15) is 0 Å². The fraction of sp³-hybridized carbons (Fsp3) is 0.409. The normalized spacial score (nSPS) is 11.5. The third-order valence-corrected chi connectivity index (χ3v) is 4.16. The maximum Gasteiger partial charge on any atom is 0.328 e. The Hall–Kier alpha value is -2.93. The highest BCUT2D eigenvalue weighted by molar-refractivity contribution is 5.84. The van der Waals surface area contributed by atoms with Gasteiger partial charge in [0.05, 0.1) is 20.3 Å². The molecule has 0 spiro atoms. The Morgan fingerprint density at radius 3 is 2.66 bits per heavy atom. The minimum absolute atomic E-state index is 0.215. The second-order valence-electron chi connectivity index (χ2n) is 6.42. The molecular formula is C22H28N2O5. The maximum absolute atomic E-state index is 12.3. The molecule has 0 saturated carbocycles. The summed E-state index contributed by atoms with van der Waals surface area (Å²) in [5.41, 5.74) is 1.91. The van der Waals surface area contributed by atoms with Gasteiger partial charge in [0, 0.05) is 31.7 Å². The number of esters is 1. The first-order chi connectivity index (χ1) is 14.1. The van der Waals surface area contributed by atoms with Crippen molar-refractivity contribution in [2.24, 2.45) is 0 Å². The molecule has 1 N–H and O–H groups in total. The van der Waals surface area contributed by atoms with Gasteiger partial charge in [-0.3, -0.25) is 4.79 Å². The first-order valence-corrected chi connectivity index (χ1v) is 9.69. The average Bonchev–Trinajstić information content (AvgIpc) is 2.74. The summed E-state index contributed by atoms with van der Waals surface area (Å²) < 4.78 is 15.8. The van der Waals surface area contributed by atoms with Crippen molar-refractivity contribution in [2.75, 3.05) is 20.3 Å². The van der Waals surface area contributed by atoms with Crippen LogP contribution >= 0.6 is 0 Å². The summed E-state index contributed by atoms with van der Waals surface area (Å²) in [5.74, 6) is -0.226. The topological polar surface area (TPSA) is 86.8 Å². The number of hydrogen-bond donors (Lipinski definition) is 1. The lowest BCUT2D eigenvalue weighted by Crippen LogP contribution is -2.43. The Labute approximate surface area is 171 Å². The molecule has 1 atom stereocenters. The molecule has 0 bridgehead atoms. The third kappa shape index (κ3) is 8.31. The van der Waals surface area contributed by atoms with Crippen molar-refractivity contribution in [1.82, 2.24) is 10.3 Å². The fourth-order valence-electron chi connectivity index (χ4n) is 2.73. The van der Waals surface area contributed by atoms with Crippen LogP contribution in [0.5, 0.6) is 5.88 Å². The van der Waals surface area contributed by atoms with Crippen LogP contribution in [0.15, 0.2) is 48.7 Å². The number of hydrogen-bond acceptors (Lipinski definition) is 6. The zero-order valence-corrected chi connectivity index (χ0v) is 16.9. The summed E-state index contributed by atoms with van der Waals surface area (Å²) in [5, 5.41) is 2.77. The van der Waals surface area contributed by atoms with Crippen molar-refractivity contribution < 1.29 is 23.8 Å². The van der Waals surface area contributed by atoms with Gasteiger partial charge in [0.1, 0.15) is 6.04 Å². The van der Waals surface area contributed by atoms with Gasteiger partial charge in [-0.1, -0.05) is 30.3 Å². The Morgan fingerprint density at radius 1 is 1.14 bits per heavy atom. The number of pyridine rings is 1. The van der Waals surface area contributed by atoms with E-state index in [4.69, 9.17) is 14.2 Å². The molecule has 1 amide bonds. The monoisotopic (exact) mass is 400 g/mol. The molecule has 0 saturated heterocycles. The molecule has 7 heteroatoms. The molecule has 0 aliphatic carbocycles. The van der Waals surface area contributed by atoms with E-state index in [-0.39, 0.29) is 18.9 Å². The number of ether oxygens (including phenoxy) is 3.